The van der Waals surface area contributed by atoms with Crippen LogP contribution in [0.1, 0.15) is 5.01 Å². The Labute approximate surface area is 96.8 Å². The largest absolute Gasteiger partial charge is 0.341 e. The highest BCUT2D eigenvalue weighted by Gasteiger charge is 2.24. The summed E-state index contributed by atoms with van der Waals surface area (Å²) in [5.41, 5.74) is 0. The number of hydrogen-bond acceptors (Lipinski definition) is 5. The molecule has 0 amide bonds. The van der Waals surface area contributed by atoms with E-state index in [1.807, 2.05) is 18.7 Å². The number of alkyl halides is 1. The smallest absolute Gasteiger partial charge is 0.208 e. The fourth-order valence-corrected chi connectivity index (χ4v) is 3.69. The monoisotopic (exact) mass is 249 g/mol. The van der Waals surface area contributed by atoms with E-state index < -0.39 is 0 Å². The standard InChI is InChI=1S/C8H12ClN3S2/c1-6-10-11-8(14-6)12-2-3-13-5-7(12)4-9/h7H,2-5H2,1H3. The van der Waals surface area contributed by atoms with Gasteiger partial charge in [0.05, 0.1) is 6.04 Å². The third kappa shape index (κ3) is 2.15. The lowest BCUT2D eigenvalue weighted by Gasteiger charge is -2.33. The first-order valence-corrected chi connectivity index (χ1v) is 7.02. The summed E-state index contributed by atoms with van der Waals surface area (Å²) < 4.78 is 0. The molecule has 1 saturated heterocycles. The van der Waals surface area contributed by atoms with E-state index in [4.69, 9.17) is 11.6 Å². The van der Waals surface area contributed by atoms with E-state index >= 15 is 0 Å². The molecule has 2 heterocycles. The maximum Gasteiger partial charge on any atom is 0.208 e. The predicted octanol–water partition coefficient (Wildman–Crippen LogP) is 2.01. The lowest BCUT2D eigenvalue weighted by Crippen LogP contribution is -2.43. The topological polar surface area (TPSA) is 29.0 Å². The van der Waals surface area contributed by atoms with E-state index in [1.54, 1.807) is 11.3 Å². The van der Waals surface area contributed by atoms with Gasteiger partial charge in [-0.3, -0.25) is 0 Å². The molecule has 0 spiro atoms. The molecular weight excluding hydrogens is 238 g/mol. The zero-order chi connectivity index (χ0) is 9.97. The first-order valence-electron chi connectivity index (χ1n) is 4.51. The van der Waals surface area contributed by atoms with Crippen LogP contribution >= 0.6 is 34.7 Å². The first kappa shape index (κ1) is 10.5. The fourth-order valence-electron chi connectivity index (χ4n) is 1.44. The second-order valence-corrected chi connectivity index (χ2v) is 5.80. The molecule has 0 N–H and O–H groups in total. The van der Waals surface area contributed by atoms with E-state index in [1.165, 1.54) is 0 Å². The average Bonchev–Trinajstić information content (AvgIpc) is 2.65. The van der Waals surface area contributed by atoms with Gasteiger partial charge in [-0.05, 0) is 6.92 Å². The second kappa shape index (κ2) is 4.68. The Morgan fingerprint density at radius 2 is 2.43 bits per heavy atom. The molecule has 1 aliphatic heterocycles. The van der Waals surface area contributed by atoms with Gasteiger partial charge in [0.15, 0.2) is 0 Å². The third-order valence-corrected chi connectivity index (χ3v) is 4.49. The second-order valence-electron chi connectivity index (χ2n) is 3.18. The molecular formula is C8H12ClN3S2. The molecule has 78 valence electrons. The van der Waals surface area contributed by atoms with Crippen molar-refractivity contribution in [2.75, 3.05) is 28.8 Å². The van der Waals surface area contributed by atoms with Crippen LogP contribution in [0, 0.1) is 6.92 Å². The van der Waals surface area contributed by atoms with Crippen molar-refractivity contribution in [1.29, 1.82) is 0 Å². The molecule has 0 bridgehead atoms. The van der Waals surface area contributed by atoms with Crippen LogP contribution in [0.5, 0.6) is 0 Å². The molecule has 1 aromatic heterocycles. The van der Waals surface area contributed by atoms with E-state index in [-0.39, 0.29) is 0 Å². The molecule has 14 heavy (non-hydrogen) atoms. The van der Waals surface area contributed by atoms with Crippen LogP contribution in [0.3, 0.4) is 0 Å². The van der Waals surface area contributed by atoms with Crippen LogP contribution in [0.4, 0.5) is 5.13 Å². The van der Waals surface area contributed by atoms with Gasteiger partial charge in [0.25, 0.3) is 0 Å². The lowest BCUT2D eigenvalue weighted by molar-refractivity contribution is 0.697. The van der Waals surface area contributed by atoms with Crippen molar-refractivity contribution in [2.45, 2.75) is 13.0 Å². The average molecular weight is 250 g/mol. The minimum absolute atomic E-state index is 0.419. The number of hydrogen-bond donors (Lipinski definition) is 0. The SMILES string of the molecule is Cc1nnc(N2CCSCC2CCl)s1. The van der Waals surface area contributed by atoms with E-state index in [0.29, 0.717) is 11.9 Å². The molecule has 0 aliphatic carbocycles. The number of nitrogens with zero attached hydrogens (tertiary/aromatic N) is 3. The van der Waals surface area contributed by atoms with Crippen molar-refractivity contribution in [3.8, 4) is 0 Å². The molecule has 6 heteroatoms. The Hall–Kier alpha value is -0.000000000000000139. The highest BCUT2D eigenvalue weighted by atomic mass is 35.5. The van der Waals surface area contributed by atoms with Crippen LogP contribution in [0.15, 0.2) is 0 Å². The number of rotatable bonds is 2. The summed E-state index contributed by atoms with van der Waals surface area (Å²) in [5.74, 6) is 2.93. The van der Waals surface area contributed by atoms with Gasteiger partial charge in [-0.2, -0.15) is 11.8 Å². The van der Waals surface area contributed by atoms with Gasteiger partial charge in [-0.15, -0.1) is 21.8 Å². The fraction of sp³-hybridized carbons (Fsp3) is 0.750. The predicted molar refractivity (Wildman–Crippen MR) is 63.8 cm³/mol. The first-order chi connectivity index (χ1) is 6.81. The van der Waals surface area contributed by atoms with Crippen molar-refractivity contribution < 1.29 is 0 Å². The molecule has 0 saturated carbocycles. The maximum absolute atomic E-state index is 5.93. The van der Waals surface area contributed by atoms with Gasteiger partial charge in [0.2, 0.25) is 5.13 Å². The van der Waals surface area contributed by atoms with E-state index in [0.717, 1.165) is 28.2 Å². The number of anilines is 1. The van der Waals surface area contributed by atoms with Crippen LogP contribution in [-0.4, -0.2) is 40.2 Å². The molecule has 1 fully saturated rings. The summed E-state index contributed by atoms with van der Waals surface area (Å²) in [4.78, 5) is 2.29. The Morgan fingerprint density at radius 3 is 3.07 bits per heavy atom. The number of aryl methyl sites for hydroxylation is 1. The van der Waals surface area contributed by atoms with Gasteiger partial charge in [0.1, 0.15) is 5.01 Å². The molecule has 1 unspecified atom stereocenters. The maximum atomic E-state index is 5.93. The number of thioether (sulfide) groups is 1. The van der Waals surface area contributed by atoms with Gasteiger partial charge < -0.3 is 4.90 Å². The quantitative estimate of drug-likeness (QED) is 0.750. The Balaban J connectivity index is 2.14. The van der Waals surface area contributed by atoms with Crippen LogP contribution in [0.2, 0.25) is 0 Å². The molecule has 0 aromatic carbocycles. The summed E-state index contributed by atoms with van der Waals surface area (Å²) in [6.45, 7) is 3.02. The van der Waals surface area contributed by atoms with Gasteiger partial charge >= 0.3 is 0 Å². The normalized spacial score (nSPS) is 22.7. The highest BCUT2D eigenvalue weighted by molar-refractivity contribution is 7.99. The van der Waals surface area contributed by atoms with Crippen molar-refractivity contribution in [2.24, 2.45) is 0 Å². The van der Waals surface area contributed by atoms with Crippen molar-refractivity contribution in [3.63, 3.8) is 0 Å². The Morgan fingerprint density at radius 1 is 1.57 bits per heavy atom. The number of aromatic nitrogens is 2. The molecule has 2 rings (SSSR count). The third-order valence-electron chi connectivity index (χ3n) is 2.17. The zero-order valence-corrected chi connectivity index (χ0v) is 10.3. The van der Waals surface area contributed by atoms with Crippen molar-refractivity contribution in [1.82, 2.24) is 10.2 Å². The van der Waals surface area contributed by atoms with Crippen molar-refractivity contribution in [3.05, 3.63) is 5.01 Å². The van der Waals surface area contributed by atoms with Crippen molar-refractivity contribution >= 4 is 39.8 Å². The van der Waals surface area contributed by atoms with Gasteiger partial charge in [-0.25, -0.2) is 0 Å². The molecule has 1 atom stereocenters. The summed E-state index contributed by atoms with van der Waals surface area (Å²) >= 11 is 9.55. The molecule has 0 radical (unpaired) electrons. The molecule has 1 aliphatic rings. The molecule has 3 nitrogen and oxygen atoms in total. The summed E-state index contributed by atoms with van der Waals surface area (Å²) in [6.07, 6.45) is 0. The summed E-state index contributed by atoms with van der Waals surface area (Å²) in [7, 11) is 0. The summed E-state index contributed by atoms with van der Waals surface area (Å²) in [6, 6.07) is 0.419. The van der Waals surface area contributed by atoms with E-state index in [2.05, 4.69) is 15.1 Å². The Bertz CT molecular complexity index is 305. The van der Waals surface area contributed by atoms with Gasteiger partial charge in [-0.1, -0.05) is 11.3 Å². The Kier molecular flexibility index (Phi) is 3.52. The highest BCUT2D eigenvalue weighted by Crippen LogP contribution is 2.27. The van der Waals surface area contributed by atoms with Gasteiger partial charge in [0, 0.05) is 23.9 Å². The zero-order valence-electron chi connectivity index (χ0n) is 7.94. The number of halogens is 1. The minimum atomic E-state index is 0.419. The van der Waals surface area contributed by atoms with Crippen LogP contribution < -0.4 is 4.90 Å². The van der Waals surface area contributed by atoms with Crippen LogP contribution in [0.25, 0.3) is 0 Å². The minimum Gasteiger partial charge on any atom is -0.341 e. The molecule has 1 aromatic rings. The van der Waals surface area contributed by atoms with E-state index in [9.17, 15) is 0 Å². The summed E-state index contributed by atoms with van der Waals surface area (Å²) in [5, 5.41) is 10.2. The lowest BCUT2D eigenvalue weighted by atomic mass is 10.3. The van der Waals surface area contributed by atoms with Crippen LogP contribution in [-0.2, 0) is 0 Å².